The van der Waals surface area contributed by atoms with Crippen LogP contribution in [0.15, 0.2) is 105 Å². The Balaban J connectivity index is 1.49. The van der Waals surface area contributed by atoms with E-state index in [1.165, 1.54) is 12.4 Å². The molecular formula is C25H20Cl2N4O. The van der Waals surface area contributed by atoms with Crippen LogP contribution in [0, 0.1) is 0 Å². The van der Waals surface area contributed by atoms with Gasteiger partial charge in [0.1, 0.15) is 0 Å². The first kappa shape index (κ1) is 23.0. The minimum atomic E-state index is -0.352. The van der Waals surface area contributed by atoms with Crippen molar-refractivity contribution in [1.82, 2.24) is 5.43 Å². The summed E-state index contributed by atoms with van der Waals surface area (Å²) in [5.41, 5.74) is 8.39. The molecule has 3 aromatic carbocycles. The predicted octanol–water partition coefficient (Wildman–Crippen LogP) is 6.36. The molecule has 7 heteroatoms. The van der Waals surface area contributed by atoms with E-state index in [-0.39, 0.29) is 5.91 Å². The predicted molar refractivity (Wildman–Crippen MR) is 135 cm³/mol. The highest BCUT2D eigenvalue weighted by Gasteiger charge is 2.03. The average molecular weight is 463 g/mol. The first-order chi connectivity index (χ1) is 15.6. The Hall–Kier alpha value is -3.67. The number of hydrogen-bond donors (Lipinski definition) is 2. The Labute approximate surface area is 196 Å². The fraction of sp³-hybridized carbons (Fsp3) is 0. The van der Waals surface area contributed by atoms with Gasteiger partial charge in [-0.25, -0.2) is 5.43 Å². The second-order valence-electron chi connectivity index (χ2n) is 6.53. The summed E-state index contributed by atoms with van der Waals surface area (Å²) in [6, 6.07) is 26.1. The maximum absolute atomic E-state index is 12.2. The molecule has 160 valence electrons. The highest BCUT2D eigenvalue weighted by Crippen LogP contribution is 2.12. The summed E-state index contributed by atoms with van der Waals surface area (Å²) in [6.07, 6.45) is 6.45. The van der Waals surface area contributed by atoms with Crippen molar-refractivity contribution < 1.29 is 4.79 Å². The van der Waals surface area contributed by atoms with E-state index >= 15 is 0 Å². The van der Waals surface area contributed by atoms with Crippen LogP contribution in [0.4, 0.5) is 5.69 Å². The Morgan fingerprint density at radius 3 is 1.72 bits per heavy atom. The topological polar surface area (TPSA) is 65.8 Å². The van der Waals surface area contributed by atoms with Gasteiger partial charge in [0.25, 0.3) is 5.91 Å². The minimum absolute atomic E-state index is 0.352. The lowest BCUT2D eigenvalue weighted by Crippen LogP contribution is -2.17. The summed E-state index contributed by atoms with van der Waals surface area (Å²) in [4.78, 5) is 12.2. The quantitative estimate of drug-likeness (QED) is 0.302. The molecule has 3 aromatic rings. The molecule has 0 unspecified atom stereocenters. The second kappa shape index (κ2) is 12.2. The Morgan fingerprint density at radius 2 is 1.19 bits per heavy atom. The molecule has 0 aliphatic rings. The van der Waals surface area contributed by atoms with Crippen LogP contribution in [-0.2, 0) is 0 Å². The summed E-state index contributed by atoms with van der Waals surface area (Å²) in [6.45, 7) is 0. The summed E-state index contributed by atoms with van der Waals surface area (Å²) in [5.74, 6) is -0.352. The molecule has 0 aliphatic carbocycles. The van der Waals surface area contributed by atoms with Gasteiger partial charge in [-0.3, -0.25) is 10.2 Å². The summed E-state index contributed by atoms with van der Waals surface area (Å²) in [5, 5.41) is 8.86. The zero-order valence-corrected chi connectivity index (χ0v) is 18.5. The number of hydrogen-bond acceptors (Lipinski definition) is 4. The number of benzene rings is 3. The molecule has 3 rings (SSSR count). The van der Waals surface area contributed by atoms with Gasteiger partial charge in [0.2, 0.25) is 0 Å². The molecule has 0 aromatic heterocycles. The number of nitrogens with one attached hydrogen (secondary N) is 2. The Kier molecular flexibility index (Phi) is 8.80. The zero-order valence-electron chi connectivity index (χ0n) is 17.0. The van der Waals surface area contributed by atoms with Gasteiger partial charge in [0, 0.05) is 5.56 Å². The van der Waals surface area contributed by atoms with Gasteiger partial charge < -0.3 is 0 Å². The molecule has 1 amide bonds. The minimum Gasteiger partial charge on any atom is -0.278 e. The molecule has 5 nitrogen and oxygen atoms in total. The number of carbonyl (C=O) groups is 1. The van der Waals surface area contributed by atoms with Gasteiger partial charge in [0.15, 0.2) is 0 Å². The number of carbonyl (C=O) groups excluding carboxylic acids is 1. The fourth-order valence-corrected chi connectivity index (χ4v) is 2.92. The van der Waals surface area contributed by atoms with Crippen LogP contribution in [0.5, 0.6) is 0 Å². The van der Waals surface area contributed by atoms with E-state index in [9.17, 15) is 4.79 Å². The molecule has 0 saturated carbocycles. The lowest BCUT2D eigenvalue weighted by Gasteiger charge is -2.03. The van der Waals surface area contributed by atoms with E-state index in [4.69, 9.17) is 23.2 Å². The first-order valence-electron chi connectivity index (χ1n) is 9.67. The molecule has 0 spiro atoms. The second-order valence-corrected chi connectivity index (χ2v) is 7.40. The lowest BCUT2D eigenvalue weighted by molar-refractivity contribution is 0.0955. The van der Waals surface area contributed by atoms with Crippen molar-refractivity contribution in [2.45, 2.75) is 0 Å². The van der Waals surface area contributed by atoms with Gasteiger partial charge in [-0.15, -0.1) is 0 Å². The van der Waals surface area contributed by atoms with Crippen LogP contribution in [0.25, 0.3) is 12.2 Å². The number of hydrazone groups is 2. The molecule has 0 fully saturated rings. The number of halogens is 2. The van der Waals surface area contributed by atoms with Gasteiger partial charge in [-0.1, -0.05) is 83.9 Å². The number of nitrogens with zero attached hydrogens (tertiary/aromatic N) is 2. The van der Waals surface area contributed by atoms with Crippen molar-refractivity contribution in [3.63, 3.8) is 0 Å². The number of allylic oxidation sites excluding steroid dienone is 2. The first-order valence-corrected chi connectivity index (χ1v) is 10.4. The molecule has 2 N–H and O–H groups in total. The van der Waals surface area contributed by atoms with Gasteiger partial charge in [-0.05, 0) is 47.5 Å². The monoisotopic (exact) mass is 462 g/mol. The van der Waals surface area contributed by atoms with Crippen molar-refractivity contribution in [2.75, 3.05) is 5.43 Å². The summed E-state index contributed by atoms with van der Waals surface area (Å²) < 4.78 is 0. The van der Waals surface area contributed by atoms with E-state index in [0.717, 1.165) is 11.1 Å². The van der Waals surface area contributed by atoms with Crippen LogP contribution in [0.1, 0.15) is 21.5 Å². The average Bonchev–Trinajstić information content (AvgIpc) is 2.81. The lowest BCUT2D eigenvalue weighted by atomic mass is 10.2. The normalized spacial score (nSPS) is 12.3. The number of rotatable bonds is 8. The molecular weight excluding hydrogens is 443 g/mol. The van der Waals surface area contributed by atoms with E-state index in [1.807, 2.05) is 66.7 Å². The third-order valence-corrected chi connectivity index (χ3v) is 4.50. The Morgan fingerprint density at radius 1 is 0.688 bits per heavy atom. The van der Waals surface area contributed by atoms with Crippen LogP contribution in [0.2, 0.25) is 0 Å². The molecule has 0 aliphatic heterocycles. The highest BCUT2D eigenvalue weighted by atomic mass is 35.5. The van der Waals surface area contributed by atoms with Crippen molar-refractivity contribution >= 4 is 59.4 Å². The standard InChI is InChI=1S/C25H20Cl2N4O/c26-22(15-19-7-3-1-4-8-19)17-28-30-24-13-11-21(12-14-24)25(32)31-29-18-23(27)16-20-9-5-2-6-10-20/h1-18,30H,(H,31,32). The molecule has 0 heterocycles. The maximum Gasteiger partial charge on any atom is 0.271 e. The Bertz CT molecular complexity index is 1140. The smallest absolute Gasteiger partial charge is 0.271 e. The SMILES string of the molecule is O=C(NN=CC(Cl)=Cc1ccccc1)c1ccc(NN=CC(Cl)=Cc2ccccc2)cc1. The van der Waals surface area contributed by atoms with E-state index in [0.29, 0.717) is 21.3 Å². The van der Waals surface area contributed by atoms with Gasteiger partial charge in [-0.2, -0.15) is 10.2 Å². The van der Waals surface area contributed by atoms with Gasteiger partial charge >= 0.3 is 0 Å². The summed E-state index contributed by atoms with van der Waals surface area (Å²) >= 11 is 12.3. The van der Waals surface area contributed by atoms with Crippen LogP contribution in [-0.4, -0.2) is 18.3 Å². The van der Waals surface area contributed by atoms with Gasteiger partial charge in [0.05, 0.1) is 28.2 Å². The van der Waals surface area contributed by atoms with E-state index in [2.05, 4.69) is 21.1 Å². The molecule has 0 radical (unpaired) electrons. The van der Waals surface area contributed by atoms with Crippen molar-refractivity contribution in [3.8, 4) is 0 Å². The molecule has 0 saturated heterocycles. The third-order valence-electron chi connectivity index (χ3n) is 4.09. The fourth-order valence-electron chi connectivity index (χ4n) is 2.57. The zero-order chi connectivity index (χ0) is 22.6. The molecule has 0 bridgehead atoms. The van der Waals surface area contributed by atoms with Crippen molar-refractivity contribution in [1.29, 1.82) is 0 Å². The maximum atomic E-state index is 12.2. The van der Waals surface area contributed by atoms with Crippen LogP contribution < -0.4 is 10.9 Å². The number of anilines is 1. The highest BCUT2D eigenvalue weighted by molar-refractivity contribution is 6.41. The summed E-state index contributed by atoms with van der Waals surface area (Å²) in [7, 11) is 0. The molecule has 0 atom stereocenters. The van der Waals surface area contributed by atoms with Crippen molar-refractivity contribution in [2.24, 2.45) is 10.2 Å². The van der Waals surface area contributed by atoms with Crippen LogP contribution >= 0.6 is 23.2 Å². The molecule has 32 heavy (non-hydrogen) atoms. The van der Waals surface area contributed by atoms with Crippen molar-refractivity contribution in [3.05, 3.63) is 112 Å². The largest absolute Gasteiger partial charge is 0.278 e. The van der Waals surface area contributed by atoms with E-state index in [1.54, 1.807) is 30.3 Å². The number of amides is 1. The van der Waals surface area contributed by atoms with E-state index < -0.39 is 0 Å². The van der Waals surface area contributed by atoms with Crippen LogP contribution in [0.3, 0.4) is 0 Å². The third kappa shape index (κ3) is 7.87.